The number of nitrogens with zero attached hydrogens (tertiary/aromatic N) is 2. The SMILES string of the molecule is Oc1ccc2cccc3c2c1CC3N1CCC(N2CNc3ccccc32)CC1. The molecule has 142 valence electrons. The number of aromatic hydroxyl groups is 1. The molecule has 2 N–H and O–H groups in total. The number of hydrogen-bond donors (Lipinski definition) is 2. The summed E-state index contributed by atoms with van der Waals surface area (Å²) in [5.74, 6) is 0.456. The topological polar surface area (TPSA) is 38.7 Å². The number of benzene rings is 3. The number of phenolic OH excluding ortho intramolecular Hbond substituents is 1. The van der Waals surface area contributed by atoms with Gasteiger partial charge in [-0.2, -0.15) is 0 Å². The van der Waals surface area contributed by atoms with Crippen LogP contribution >= 0.6 is 0 Å². The molecule has 2 aliphatic heterocycles. The highest BCUT2D eigenvalue weighted by Crippen LogP contribution is 2.45. The number of fused-ring (bicyclic) bond motifs is 1. The molecule has 3 aliphatic rings. The third-order valence-electron chi connectivity index (χ3n) is 6.95. The van der Waals surface area contributed by atoms with E-state index in [1.54, 1.807) is 0 Å². The van der Waals surface area contributed by atoms with Gasteiger partial charge in [0.1, 0.15) is 5.75 Å². The van der Waals surface area contributed by atoms with Gasteiger partial charge >= 0.3 is 0 Å². The van der Waals surface area contributed by atoms with E-state index in [1.807, 2.05) is 12.1 Å². The summed E-state index contributed by atoms with van der Waals surface area (Å²) in [5.41, 5.74) is 5.15. The minimum atomic E-state index is 0.400. The maximum Gasteiger partial charge on any atom is 0.119 e. The van der Waals surface area contributed by atoms with Crippen molar-refractivity contribution in [2.75, 3.05) is 30.0 Å². The smallest absolute Gasteiger partial charge is 0.119 e. The molecule has 1 aliphatic carbocycles. The van der Waals surface area contributed by atoms with Crippen LogP contribution in [0, 0.1) is 0 Å². The van der Waals surface area contributed by atoms with Gasteiger partial charge in [-0.3, -0.25) is 4.90 Å². The van der Waals surface area contributed by atoms with E-state index < -0.39 is 0 Å². The van der Waals surface area contributed by atoms with Gasteiger partial charge in [0.2, 0.25) is 0 Å². The molecule has 6 rings (SSSR count). The molecule has 0 radical (unpaired) electrons. The van der Waals surface area contributed by atoms with Crippen LogP contribution in [0.15, 0.2) is 54.6 Å². The van der Waals surface area contributed by atoms with E-state index in [9.17, 15) is 5.11 Å². The number of phenols is 1. The highest BCUT2D eigenvalue weighted by atomic mass is 16.3. The van der Waals surface area contributed by atoms with Crippen molar-refractivity contribution in [1.29, 1.82) is 0 Å². The van der Waals surface area contributed by atoms with Crippen LogP contribution in [0.1, 0.15) is 30.0 Å². The van der Waals surface area contributed by atoms with Crippen molar-refractivity contribution in [3.63, 3.8) is 0 Å². The van der Waals surface area contributed by atoms with Gasteiger partial charge in [0.15, 0.2) is 0 Å². The fraction of sp³-hybridized carbons (Fsp3) is 0.333. The minimum absolute atomic E-state index is 0.400. The first-order chi connectivity index (χ1) is 13.8. The molecule has 0 bridgehead atoms. The standard InChI is InChI=1S/C24H25N3O/c28-23-9-8-16-4-3-5-18-22(14-19(23)24(16)18)26-12-10-17(11-13-26)27-15-25-20-6-1-2-7-21(20)27/h1-9,17,22,25,28H,10-15H2. The van der Waals surface area contributed by atoms with E-state index in [0.717, 1.165) is 31.7 Å². The molecule has 3 aromatic rings. The Morgan fingerprint density at radius 3 is 2.68 bits per heavy atom. The third-order valence-corrected chi connectivity index (χ3v) is 6.95. The lowest BCUT2D eigenvalue weighted by Crippen LogP contribution is -2.46. The van der Waals surface area contributed by atoms with E-state index in [2.05, 4.69) is 57.6 Å². The van der Waals surface area contributed by atoms with E-state index in [0.29, 0.717) is 17.8 Å². The van der Waals surface area contributed by atoms with Crippen LogP contribution in [0.5, 0.6) is 5.75 Å². The number of hydrogen-bond acceptors (Lipinski definition) is 4. The van der Waals surface area contributed by atoms with Crippen molar-refractivity contribution in [3.8, 4) is 5.75 Å². The monoisotopic (exact) mass is 371 g/mol. The van der Waals surface area contributed by atoms with Gasteiger partial charge in [0.25, 0.3) is 0 Å². The molecule has 3 aromatic carbocycles. The lowest BCUT2D eigenvalue weighted by Gasteiger charge is -2.40. The van der Waals surface area contributed by atoms with Crippen molar-refractivity contribution in [1.82, 2.24) is 4.90 Å². The predicted molar refractivity (Wildman–Crippen MR) is 114 cm³/mol. The molecule has 1 saturated heterocycles. The maximum absolute atomic E-state index is 10.4. The number of nitrogens with one attached hydrogen (secondary N) is 1. The van der Waals surface area contributed by atoms with Crippen LogP contribution in [0.3, 0.4) is 0 Å². The molecule has 4 heteroatoms. The molecular formula is C24H25N3O. The third kappa shape index (κ3) is 2.34. The Hall–Kier alpha value is -2.72. The minimum Gasteiger partial charge on any atom is -0.508 e. The van der Waals surface area contributed by atoms with Gasteiger partial charge in [-0.25, -0.2) is 0 Å². The summed E-state index contributed by atoms with van der Waals surface area (Å²) >= 11 is 0. The van der Waals surface area contributed by atoms with Crippen LogP contribution in [0.25, 0.3) is 10.8 Å². The van der Waals surface area contributed by atoms with Crippen molar-refractivity contribution in [3.05, 3.63) is 65.7 Å². The van der Waals surface area contributed by atoms with Crippen LogP contribution in [0.4, 0.5) is 11.4 Å². The van der Waals surface area contributed by atoms with Gasteiger partial charge in [0, 0.05) is 30.7 Å². The van der Waals surface area contributed by atoms with Gasteiger partial charge in [-0.15, -0.1) is 0 Å². The molecule has 1 atom stereocenters. The molecule has 1 unspecified atom stereocenters. The number of para-hydroxylation sites is 2. The Morgan fingerprint density at radius 2 is 1.79 bits per heavy atom. The Balaban J connectivity index is 1.22. The summed E-state index contributed by atoms with van der Waals surface area (Å²) in [5, 5.41) is 16.5. The van der Waals surface area contributed by atoms with Crippen molar-refractivity contribution < 1.29 is 5.11 Å². The molecule has 0 spiro atoms. The molecule has 0 aromatic heterocycles. The highest BCUT2D eigenvalue weighted by molar-refractivity contribution is 5.93. The van der Waals surface area contributed by atoms with Gasteiger partial charge < -0.3 is 15.3 Å². The molecule has 0 saturated carbocycles. The summed E-state index contributed by atoms with van der Waals surface area (Å²) < 4.78 is 0. The summed E-state index contributed by atoms with van der Waals surface area (Å²) in [7, 11) is 0. The average molecular weight is 371 g/mol. The second kappa shape index (κ2) is 6.14. The summed E-state index contributed by atoms with van der Waals surface area (Å²) in [6.07, 6.45) is 3.30. The highest BCUT2D eigenvalue weighted by Gasteiger charge is 2.35. The fourth-order valence-electron chi connectivity index (χ4n) is 5.55. The van der Waals surface area contributed by atoms with Crippen molar-refractivity contribution in [2.45, 2.75) is 31.3 Å². The lowest BCUT2D eigenvalue weighted by atomic mass is 9.98. The second-order valence-electron chi connectivity index (χ2n) is 8.32. The zero-order valence-corrected chi connectivity index (χ0v) is 15.9. The van der Waals surface area contributed by atoms with Gasteiger partial charge in [-0.05, 0) is 53.8 Å². The average Bonchev–Trinajstić information content (AvgIpc) is 3.34. The molecule has 1 fully saturated rings. The van der Waals surface area contributed by atoms with Gasteiger partial charge in [0.05, 0.1) is 18.0 Å². The zero-order valence-electron chi connectivity index (χ0n) is 15.9. The number of anilines is 2. The van der Waals surface area contributed by atoms with E-state index in [4.69, 9.17) is 0 Å². The second-order valence-corrected chi connectivity index (χ2v) is 8.32. The molecule has 0 amide bonds. The summed E-state index contributed by atoms with van der Waals surface area (Å²) in [4.78, 5) is 5.18. The van der Waals surface area contributed by atoms with Gasteiger partial charge in [-0.1, -0.05) is 36.4 Å². The van der Waals surface area contributed by atoms with Crippen molar-refractivity contribution >= 4 is 22.1 Å². The first kappa shape index (κ1) is 16.3. The van der Waals surface area contributed by atoms with E-state index in [1.165, 1.54) is 40.6 Å². The molecular weight excluding hydrogens is 346 g/mol. The summed E-state index contributed by atoms with van der Waals surface area (Å²) in [6, 6.07) is 20.1. The maximum atomic E-state index is 10.4. The predicted octanol–water partition coefficient (Wildman–Crippen LogP) is 4.50. The van der Waals surface area contributed by atoms with E-state index in [-0.39, 0.29) is 0 Å². The zero-order chi connectivity index (χ0) is 18.7. The first-order valence-electron chi connectivity index (χ1n) is 10.4. The molecule has 2 heterocycles. The van der Waals surface area contributed by atoms with Crippen LogP contribution in [-0.2, 0) is 6.42 Å². The normalized spacial score (nSPS) is 21.9. The molecule has 28 heavy (non-hydrogen) atoms. The number of rotatable bonds is 2. The number of piperidine rings is 1. The summed E-state index contributed by atoms with van der Waals surface area (Å²) in [6.45, 7) is 3.14. The van der Waals surface area contributed by atoms with Crippen LogP contribution in [0.2, 0.25) is 0 Å². The van der Waals surface area contributed by atoms with Crippen molar-refractivity contribution in [2.24, 2.45) is 0 Å². The fourth-order valence-corrected chi connectivity index (χ4v) is 5.55. The Morgan fingerprint density at radius 1 is 0.929 bits per heavy atom. The number of likely N-dealkylation sites (tertiary alicyclic amines) is 1. The van der Waals surface area contributed by atoms with E-state index >= 15 is 0 Å². The molecule has 4 nitrogen and oxygen atoms in total. The largest absolute Gasteiger partial charge is 0.508 e. The quantitative estimate of drug-likeness (QED) is 0.696. The van der Waals surface area contributed by atoms with Crippen LogP contribution < -0.4 is 10.2 Å². The lowest BCUT2D eigenvalue weighted by molar-refractivity contribution is 0.153. The van der Waals surface area contributed by atoms with Crippen LogP contribution in [-0.4, -0.2) is 35.8 Å². The Kier molecular flexibility index (Phi) is 3.57. The first-order valence-corrected chi connectivity index (χ1v) is 10.4. The Bertz CT molecular complexity index is 1050. The Labute approximate surface area is 165 Å².